The zero-order valence-electron chi connectivity index (χ0n) is 17.3. The van der Waals surface area contributed by atoms with E-state index in [9.17, 15) is 9.59 Å². The fraction of sp³-hybridized carbons (Fsp3) is 0.318. The van der Waals surface area contributed by atoms with Gasteiger partial charge in [-0.25, -0.2) is 0 Å². The van der Waals surface area contributed by atoms with Crippen molar-refractivity contribution in [2.45, 2.75) is 19.4 Å². The van der Waals surface area contributed by atoms with Gasteiger partial charge in [-0.3, -0.25) is 14.5 Å². The molecule has 30 heavy (non-hydrogen) atoms. The maximum Gasteiger partial charge on any atom is 0.244 e. The van der Waals surface area contributed by atoms with Crippen LogP contribution in [0.15, 0.2) is 48.5 Å². The number of nitrogens with zero attached hydrogens (tertiary/aromatic N) is 3. The Kier molecular flexibility index (Phi) is 8.66. The summed E-state index contributed by atoms with van der Waals surface area (Å²) in [5, 5.41) is 12.2. The van der Waals surface area contributed by atoms with Crippen molar-refractivity contribution in [2.24, 2.45) is 0 Å². The Morgan fingerprint density at radius 2 is 1.93 bits per heavy atom. The van der Waals surface area contributed by atoms with E-state index >= 15 is 0 Å². The molecule has 0 aliphatic carbocycles. The number of carbonyl (C=O) groups excluding carboxylic acids is 2. The Labute approximate surface area is 181 Å². The predicted molar refractivity (Wildman–Crippen MR) is 118 cm³/mol. The van der Waals surface area contributed by atoms with Gasteiger partial charge in [0.05, 0.1) is 37.9 Å². The Hall–Kier alpha value is -3.08. The summed E-state index contributed by atoms with van der Waals surface area (Å²) in [4.78, 5) is 28.8. The number of likely N-dealkylation sites (N-methyl/N-ethyl adjacent to an activating group) is 1. The lowest BCUT2D eigenvalue weighted by atomic mass is 10.2. The van der Waals surface area contributed by atoms with E-state index in [2.05, 4.69) is 11.4 Å². The molecule has 2 aromatic rings. The van der Waals surface area contributed by atoms with Gasteiger partial charge in [-0.15, -0.1) is 0 Å². The molecular weight excluding hydrogens is 404 g/mol. The zero-order valence-corrected chi connectivity index (χ0v) is 18.0. The van der Waals surface area contributed by atoms with Gasteiger partial charge in [-0.1, -0.05) is 29.8 Å². The minimum absolute atomic E-state index is 0.0105. The molecule has 7 nitrogen and oxygen atoms in total. The van der Waals surface area contributed by atoms with E-state index in [4.69, 9.17) is 21.6 Å². The number of rotatable bonds is 9. The van der Waals surface area contributed by atoms with Crippen LogP contribution in [0.4, 0.5) is 11.4 Å². The maximum atomic E-state index is 13.1. The molecule has 0 heterocycles. The van der Waals surface area contributed by atoms with Gasteiger partial charge in [0.15, 0.2) is 0 Å². The van der Waals surface area contributed by atoms with Crippen LogP contribution < -0.4 is 15.0 Å². The molecule has 0 radical (unpaired) electrons. The van der Waals surface area contributed by atoms with Crippen molar-refractivity contribution >= 4 is 34.8 Å². The molecule has 0 bridgehead atoms. The summed E-state index contributed by atoms with van der Waals surface area (Å²) in [6, 6.07) is 15.6. The third kappa shape index (κ3) is 6.21. The third-order valence-corrected chi connectivity index (χ3v) is 4.86. The number of ether oxygens (including phenoxy) is 1. The van der Waals surface area contributed by atoms with E-state index in [-0.39, 0.29) is 31.3 Å². The summed E-state index contributed by atoms with van der Waals surface area (Å²) in [5.41, 5.74) is 1.17. The summed E-state index contributed by atoms with van der Waals surface area (Å²) < 4.78 is 5.24. The zero-order chi connectivity index (χ0) is 22.1. The largest absolute Gasteiger partial charge is 0.495 e. The van der Waals surface area contributed by atoms with Crippen LogP contribution in [0.2, 0.25) is 5.02 Å². The van der Waals surface area contributed by atoms with Crippen molar-refractivity contribution in [2.75, 3.05) is 37.5 Å². The lowest BCUT2D eigenvalue weighted by molar-refractivity contribution is -0.124. The summed E-state index contributed by atoms with van der Waals surface area (Å²) >= 11 is 6.00. The summed E-state index contributed by atoms with van der Waals surface area (Å²) in [5.74, 6) is -0.000581. The van der Waals surface area contributed by atoms with Crippen LogP contribution in [-0.2, 0) is 9.59 Å². The molecule has 2 amide bonds. The van der Waals surface area contributed by atoms with Crippen molar-refractivity contribution in [3.05, 3.63) is 53.6 Å². The standard InChI is InChI=1S/C22H25ClN4O3/c1-16(22(29)27(13-7-12-24)18-8-5-4-6-9-18)26(2)15-21(28)25-19-14-17(23)10-11-20(19)30-3/h4-6,8-11,14,16H,7,13,15H2,1-3H3,(H,25,28). The van der Waals surface area contributed by atoms with E-state index in [0.29, 0.717) is 22.1 Å². The highest BCUT2D eigenvalue weighted by Gasteiger charge is 2.26. The van der Waals surface area contributed by atoms with E-state index < -0.39 is 6.04 Å². The molecule has 0 aromatic heterocycles. The molecule has 0 fully saturated rings. The fourth-order valence-corrected chi connectivity index (χ4v) is 3.05. The number of nitrogens with one attached hydrogen (secondary N) is 1. The Bertz CT molecular complexity index is 914. The van der Waals surface area contributed by atoms with Gasteiger partial charge in [0.1, 0.15) is 5.75 Å². The second-order valence-electron chi connectivity index (χ2n) is 6.72. The van der Waals surface area contributed by atoms with Gasteiger partial charge >= 0.3 is 0 Å². The number of hydrogen-bond acceptors (Lipinski definition) is 5. The number of para-hydroxylation sites is 1. The molecule has 2 rings (SSSR count). The first-order valence-electron chi connectivity index (χ1n) is 9.44. The number of benzene rings is 2. The van der Waals surface area contributed by atoms with Crippen LogP contribution in [0.1, 0.15) is 13.3 Å². The topological polar surface area (TPSA) is 85.7 Å². The van der Waals surface area contributed by atoms with Crippen LogP contribution in [-0.4, -0.2) is 50.0 Å². The van der Waals surface area contributed by atoms with Crippen LogP contribution >= 0.6 is 11.6 Å². The van der Waals surface area contributed by atoms with Crippen molar-refractivity contribution < 1.29 is 14.3 Å². The van der Waals surface area contributed by atoms with Crippen molar-refractivity contribution in [1.82, 2.24) is 4.90 Å². The summed E-state index contributed by atoms with van der Waals surface area (Å²) in [7, 11) is 3.20. The van der Waals surface area contributed by atoms with Crippen LogP contribution in [0, 0.1) is 11.3 Å². The first-order valence-corrected chi connectivity index (χ1v) is 9.82. The van der Waals surface area contributed by atoms with Gasteiger partial charge in [0.2, 0.25) is 11.8 Å². The summed E-state index contributed by atoms with van der Waals surface area (Å²) in [6.45, 7) is 2.00. The SMILES string of the molecule is COc1ccc(Cl)cc1NC(=O)CN(C)C(C)C(=O)N(CCC#N)c1ccccc1. The van der Waals surface area contributed by atoms with Gasteiger partial charge in [0, 0.05) is 17.3 Å². The highest BCUT2D eigenvalue weighted by molar-refractivity contribution is 6.31. The molecule has 2 aromatic carbocycles. The lowest BCUT2D eigenvalue weighted by Crippen LogP contribution is -2.48. The Balaban J connectivity index is 2.07. The summed E-state index contributed by atoms with van der Waals surface area (Å²) in [6.07, 6.45) is 0.214. The molecule has 8 heteroatoms. The number of amides is 2. The van der Waals surface area contributed by atoms with Gasteiger partial charge in [-0.2, -0.15) is 5.26 Å². The number of carbonyl (C=O) groups is 2. The van der Waals surface area contributed by atoms with E-state index in [0.717, 1.165) is 0 Å². The average molecular weight is 429 g/mol. The molecular formula is C22H25ClN4O3. The van der Waals surface area contributed by atoms with Crippen LogP contribution in [0.3, 0.4) is 0 Å². The number of methoxy groups -OCH3 is 1. The average Bonchev–Trinajstić information content (AvgIpc) is 2.74. The monoisotopic (exact) mass is 428 g/mol. The molecule has 0 aliphatic rings. The van der Waals surface area contributed by atoms with Gasteiger partial charge in [-0.05, 0) is 44.3 Å². The fourth-order valence-electron chi connectivity index (χ4n) is 2.88. The molecule has 1 N–H and O–H groups in total. The normalized spacial score (nSPS) is 11.5. The van der Waals surface area contributed by atoms with E-state index in [1.54, 1.807) is 42.0 Å². The molecule has 1 atom stereocenters. The first-order chi connectivity index (χ1) is 14.4. The number of hydrogen-bond donors (Lipinski definition) is 1. The molecule has 0 spiro atoms. The van der Waals surface area contributed by atoms with Gasteiger partial charge in [0.25, 0.3) is 0 Å². The Morgan fingerprint density at radius 1 is 1.23 bits per heavy atom. The lowest BCUT2D eigenvalue weighted by Gasteiger charge is -2.30. The van der Waals surface area contributed by atoms with Gasteiger partial charge < -0.3 is 15.0 Å². The van der Waals surface area contributed by atoms with E-state index in [1.165, 1.54) is 7.11 Å². The molecule has 1 unspecified atom stereocenters. The van der Waals surface area contributed by atoms with E-state index in [1.807, 2.05) is 30.3 Å². The number of anilines is 2. The second-order valence-corrected chi connectivity index (χ2v) is 7.15. The highest BCUT2D eigenvalue weighted by Crippen LogP contribution is 2.27. The van der Waals surface area contributed by atoms with Crippen LogP contribution in [0.5, 0.6) is 5.75 Å². The van der Waals surface area contributed by atoms with Crippen molar-refractivity contribution in [3.8, 4) is 11.8 Å². The Morgan fingerprint density at radius 3 is 2.57 bits per heavy atom. The molecule has 158 valence electrons. The predicted octanol–water partition coefficient (Wildman–Crippen LogP) is 3.55. The highest BCUT2D eigenvalue weighted by atomic mass is 35.5. The molecule has 0 saturated carbocycles. The van der Waals surface area contributed by atoms with Crippen molar-refractivity contribution in [1.29, 1.82) is 5.26 Å². The first kappa shape index (κ1) is 23.2. The van der Waals surface area contributed by atoms with Crippen LogP contribution in [0.25, 0.3) is 0 Å². The maximum absolute atomic E-state index is 13.1. The number of halogens is 1. The molecule has 0 saturated heterocycles. The quantitative estimate of drug-likeness (QED) is 0.660. The second kappa shape index (κ2) is 11.2. The molecule has 0 aliphatic heterocycles. The minimum atomic E-state index is -0.573. The minimum Gasteiger partial charge on any atom is -0.495 e. The van der Waals surface area contributed by atoms with Crippen molar-refractivity contribution in [3.63, 3.8) is 0 Å². The number of nitriles is 1. The smallest absolute Gasteiger partial charge is 0.244 e. The third-order valence-electron chi connectivity index (χ3n) is 4.63.